The molecule has 4 nitrogen and oxygen atoms in total. The fourth-order valence-electron chi connectivity index (χ4n) is 4.32. The number of quaternary nitrogens is 1. The van der Waals surface area contributed by atoms with E-state index in [1.54, 1.807) is 0 Å². The molecule has 1 N–H and O–H groups in total. The minimum absolute atomic E-state index is 0.138. The fourth-order valence-corrected chi connectivity index (χ4v) is 4.32. The molecule has 0 radical (unpaired) electrons. The number of amides is 1. The van der Waals surface area contributed by atoms with Crippen LogP contribution in [0.5, 0.6) is 0 Å². The van der Waals surface area contributed by atoms with Gasteiger partial charge in [0.1, 0.15) is 6.04 Å². The Morgan fingerprint density at radius 3 is 2.39 bits per heavy atom. The molecule has 4 heteroatoms. The topological polar surface area (TPSA) is 40.5 Å². The second-order valence-corrected chi connectivity index (χ2v) is 7.76. The van der Waals surface area contributed by atoms with Crippen molar-refractivity contribution in [3.63, 3.8) is 0 Å². The van der Waals surface area contributed by atoms with Crippen LogP contribution in [0.1, 0.15) is 25.8 Å². The van der Waals surface area contributed by atoms with Crippen molar-refractivity contribution in [2.75, 3.05) is 27.7 Å². The normalized spacial score (nSPS) is 31.5. The van der Waals surface area contributed by atoms with Crippen LogP contribution >= 0.6 is 0 Å². The zero-order valence-corrected chi connectivity index (χ0v) is 15.1. The Morgan fingerprint density at radius 1 is 1.30 bits per heavy atom. The van der Waals surface area contributed by atoms with E-state index in [1.807, 2.05) is 13.1 Å². The van der Waals surface area contributed by atoms with E-state index in [0.29, 0.717) is 24.4 Å². The van der Waals surface area contributed by atoms with Gasteiger partial charge in [-0.2, -0.15) is 4.79 Å². The number of carboxylic acid groups (broad SMARTS) is 1. The molecule has 1 aromatic rings. The summed E-state index contributed by atoms with van der Waals surface area (Å²) in [6.07, 6.45) is 1.18. The van der Waals surface area contributed by atoms with Crippen molar-refractivity contribution in [1.29, 1.82) is 0 Å². The van der Waals surface area contributed by atoms with Gasteiger partial charge in [0.15, 0.2) is 0 Å². The van der Waals surface area contributed by atoms with Gasteiger partial charge in [-0.25, -0.2) is 4.48 Å². The van der Waals surface area contributed by atoms with Gasteiger partial charge in [-0.15, -0.1) is 0 Å². The maximum absolute atomic E-state index is 12.0. The summed E-state index contributed by atoms with van der Waals surface area (Å²) in [7, 11) is 6.14. The van der Waals surface area contributed by atoms with Crippen LogP contribution in [-0.4, -0.2) is 60.4 Å². The molecule has 4 unspecified atom stereocenters. The number of carbonyl (C=O) groups is 1. The Morgan fingerprint density at radius 2 is 1.91 bits per heavy atom. The van der Waals surface area contributed by atoms with Crippen LogP contribution in [0.15, 0.2) is 30.3 Å². The lowest BCUT2D eigenvalue weighted by Gasteiger charge is -2.49. The minimum atomic E-state index is -0.695. The predicted molar refractivity (Wildman–Crippen MR) is 93.4 cm³/mol. The average Bonchev–Trinajstić information content (AvgIpc) is 2.47. The first-order valence-electron chi connectivity index (χ1n) is 8.54. The van der Waals surface area contributed by atoms with Crippen molar-refractivity contribution in [1.82, 2.24) is 4.90 Å². The summed E-state index contributed by atoms with van der Waals surface area (Å²) < 4.78 is 0.138. The lowest BCUT2D eigenvalue weighted by atomic mass is 9.78. The highest BCUT2D eigenvalue weighted by Gasteiger charge is 2.51. The van der Waals surface area contributed by atoms with Gasteiger partial charge in [-0.3, -0.25) is 0 Å². The van der Waals surface area contributed by atoms with E-state index in [2.05, 4.69) is 57.1 Å². The zero-order valence-electron chi connectivity index (χ0n) is 15.1. The highest BCUT2D eigenvalue weighted by molar-refractivity contribution is 5.57. The molecule has 4 atom stereocenters. The Balaban J connectivity index is 2.30. The van der Waals surface area contributed by atoms with E-state index in [4.69, 9.17) is 0 Å². The zero-order chi connectivity index (χ0) is 17.2. The molecular weight excluding hydrogens is 288 g/mol. The third-order valence-electron chi connectivity index (χ3n) is 5.58. The number of hydrogen-bond donors (Lipinski definition) is 1. The van der Waals surface area contributed by atoms with E-state index in [1.165, 1.54) is 5.56 Å². The van der Waals surface area contributed by atoms with Crippen molar-refractivity contribution in [2.24, 2.45) is 11.8 Å². The second kappa shape index (κ2) is 7.02. The number of hydrogen-bond acceptors (Lipinski definition) is 2. The van der Waals surface area contributed by atoms with Gasteiger partial charge in [0.2, 0.25) is 0 Å². The lowest BCUT2D eigenvalue weighted by molar-refractivity contribution is -0.877. The molecule has 0 saturated carbocycles. The largest absolute Gasteiger partial charge is 0.513 e. The number of nitrogens with zero attached hydrogens (tertiary/aromatic N) is 2. The summed E-state index contributed by atoms with van der Waals surface area (Å²) in [6, 6.07) is 11.0. The quantitative estimate of drug-likeness (QED) is 0.866. The first-order chi connectivity index (χ1) is 10.8. The predicted octanol–water partition coefficient (Wildman–Crippen LogP) is 3.33. The maximum Gasteiger partial charge on any atom is 0.513 e. The highest BCUT2D eigenvalue weighted by Crippen LogP contribution is 2.35. The molecule has 1 saturated heterocycles. The second-order valence-electron chi connectivity index (χ2n) is 7.76. The van der Waals surface area contributed by atoms with Crippen molar-refractivity contribution in [3.05, 3.63) is 35.9 Å². The first kappa shape index (κ1) is 18.0. The van der Waals surface area contributed by atoms with E-state index in [9.17, 15) is 9.90 Å². The Labute approximate surface area is 140 Å². The molecule has 1 heterocycles. The number of benzene rings is 1. The van der Waals surface area contributed by atoms with Gasteiger partial charge >= 0.3 is 6.09 Å². The Kier molecular flexibility index (Phi) is 5.48. The molecule has 0 bridgehead atoms. The third kappa shape index (κ3) is 3.75. The minimum Gasteiger partial charge on any atom is -0.435 e. The summed E-state index contributed by atoms with van der Waals surface area (Å²) in [5, 5.41) is 9.88. The monoisotopic (exact) mass is 319 g/mol. The van der Waals surface area contributed by atoms with Crippen LogP contribution in [-0.2, 0) is 6.42 Å². The fraction of sp³-hybridized carbons (Fsp3) is 0.632. The molecule has 1 aromatic carbocycles. The summed E-state index contributed by atoms with van der Waals surface area (Å²) in [4.78, 5) is 14.3. The summed E-state index contributed by atoms with van der Waals surface area (Å²) >= 11 is 0. The van der Waals surface area contributed by atoms with E-state index in [0.717, 1.165) is 12.8 Å². The van der Waals surface area contributed by atoms with E-state index >= 15 is 0 Å². The molecule has 23 heavy (non-hydrogen) atoms. The molecule has 0 spiro atoms. The standard InChI is InChI=1S/C19H30N2O2/c1-14(2)18-12-17(20(3)4)16(13-21(18,5)19(22)23)11-15-9-7-6-8-10-15/h6-10,14,16-18H,11-13H2,1-5H3/p+1. The SMILES string of the molecule is CC(C)C1CC(N(C)C)C(Cc2ccccc2)C[N+]1(C)C(=O)O. The molecule has 2 rings (SSSR count). The molecular formula is C19H31N2O2+. The highest BCUT2D eigenvalue weighted by atomic mass is 16.4. The molecule has 0 aliphatic carbocycles. The van der Waals surface area contributed by atoms with Crippen LogP contribution in [0.3, 0.4) is 0 Å². The first-order valence-corrected chi connectivity index (χ1v) is 8.54. The van der Waals surface area contributed by atoms with Gasteiger partial charge in [0.05, 0.1) is 13.6 Å². The Hall–Kier alpha value is -1.39. The number of likely N-dealkylation sites (tertiary alicyclic amines) is 1. The molecule has 0 aromatic heterocycles. The van der Waals surface area contributed by atoms with Gasteiger partial charge in [0.25, 0.3) is 0 Å². The van der Waals surface area contributed by atoms with Crippen molar-refractivity contribution in [2.45, 2.75) is 38.8 Å². The van der Waals surface area contributed by atoms with E-state index < -0.39 is 6.09 Å². The number of piperidine rings is 1. The van der Waals surface area contributed by atoms with E-state index in [-0.39, 0.29) is 10.5 Å². The van der Waals surface area contributed by atoms with Crippen molar-refractivity contribution < 1.29 is 14.4 Å². The summed E-state index contributed by atoms with van der Waals surface area (Å²) in [5.74, 6) is 0.708. The third-order valence-corrected chi connectivity index (χ3v) is 5.58. The maximum atomic E-state index is 12.0. The smallest absolute Gasteiger partial charge is 0.435 e. The van der Waals surface area contributed by atoms with Crippen LogP contribution < -0.4 is 0 Å². The molecule has 1 amide bonds. The van der Waals surface area contributed by atoms with Crippen molar-refractivity contribution >= 4 is 6.09 Å². The van der Waals surface area contributed by atoms with Gasteiger partial charge in [-0.05, 0) is 26.1 Å². The molecule has 1 aliphatic rings. The lowest BCUT2D eigenvalue weighted by Crippen LogP contribution is -2.67. The molecule has 1 aliphatic heterocycles. The van der Waals surface area contributed by atoms with Crippen LogP contribution in [0.4, 0.5) is 4.79 Å². The molecule has 128 valence electrons. The van der Waals surface area contributed by atoms with Gasteiger partial charge in [-0.1, -0.05) is 44.2 Å². The summed E-state index contributed by atoms with van der Waals surface area (Å²) in [5.41, 5.74) is 1.30. The van der Waals surface area contributed by atoms with Crippen LogP contribution in [0.2, 0.25) is 0 Å². The van der Waals surface area contributed by atoms with Gasteiger partial charge < -0.3 is 10.0 Å². The molecule has 1 fully saturated rings. The summed E-state index contributed by atoms with van der Waals surface area (Å²) in [6.45, 7) is 4.98. The Bertz CT molecular complexity index is 529. The van der Waals surface area contributed by atoms with Gasteiger partial charge in [0, 0.05) is 24.3 Å². The number of rotatable bonds is 4. The van der Waals surface area contributed by atoms with Crippen molar-refractivity contribution in [3.8, 4) is 0 Å². The van der Waals surface area contributed by atoms with Crippen LogP contribution in [0.25, 0.3) is 0 Å². The van der Waals surface area contributed by atoms with Crippen LogP contribution in [0, 0.1) is 11.8 Å². The average molecular weight is 319 g/mol.